The minimum absolute atomic E-state index is 0.241. The molecule has 5 heteroatoms. The number of ether oxygens (including phenoxy) is 2. The van der Waals surface area contributed by atoms with Crippen LogP contribution in [0.3, 0.4) is 0 Å². The first-order valence-electron chi connectivity index (χ1n) is 7.20. The summed E-state index contributed by atoms with van der Waals surface area (Å²) in [4.78, 5) is 10.9. The first-order valence-corrected chi connectivity index (χ1v) is 7.20. The average Bonchev–Trinajstić information content (AvgIpc) is 2.42. The molecule has 0 saturated heterocycles. The van der Waals surface area contributed by atoms with Crippen LogP contribution in [0.15, 0.2) is 0 Å². The van der Waals surface area contributed by atoms with Gasteiger partial charge >= 0.3 is 5.97 Å². The van der Waals surface area contributed by atoms with Crippen molar-refractivity contribution in [1.82, 2.24) is 5.32 Å². The van der Waals surface area contributed by atoms with E-state index in [0.717, 1.165) is 6.42 Å². The molecule has 1 aliphatic carbocycles. The molecule has 1 fully saturated rings. The Morgan fingerprint density at radius 2 is 2.16 bits per heavy atom. The van der Waals surface area contributed by atoms with E-state index in [1.165, 1.54) is 26.4 Å². The van der Waals surface area contributed by atoms with Crippen LogP contribution in [0.25, 0.3) is 0 Å². The van der Waals surface area contributed by atoms with E-state index in [0.29, 0.717) is 38.1 Å². The Morgan fingerprint density at radius 3 is 2.84 bits per heavy atom. The molecule has 0 heterocycles. The second-order valence-electron chi connectivity index (χ2n) is 5.32. The van der Waals surface area contributed by atoms with Gasteiger partial charge in [-0.3, -0.25) is 4.79 Å². The van der Waals surface area contributed by atoms with Crippen LogP contribution in [-0.4, -0.2) is 50.1 Å². The zero-order valence-electron chi connectivity index (χ0n) is 12.1. The Kier molecular flexibility index (Phi) is 8.02. The highest BCUT2D eigenvalue weighted by atomic mass is 16.5. The highest BCUT2D eigenvalue weighted by Crippen LogP contribution is 2.26. The molecule has 0 radical (unpaired) electrons. The number of carbonyl (C=O) groups excluding carboxylic acids is 1. The van der Waals surface area contributed by atoms with Crippen LogP contribution >= 0.6 is 0 Å². The number of esters is 1. The summed E-state index contributed by atoms with van der Waals surface area (Å²) in [6, 6.07) is 0. The maximum atomic E-state index is 10.9. The van der Waals surface area contributed by atoms with Crippen LogP contribution in [0.4, 0.5) is 0 Å². The van der Waals surface area contributed by atoms with Crippen molar-refractivity contribution < 1.29 is 19.4 Å². The minimum atomic E-state index is -0.522. The van der Waals surface area contributed by atoms with Crippen molar-refractivity contribution in [3.63, 3.8) is 0 Å². The maximum absolute atomic E-state index is 10.9. The van der Waals surface area contributed by atoms with Crippen LogP contribution < -0.4 is 5.32 Å². The molecule has 0 aliphatic heterocycles. The van der Waals surface area contributed by atoms with Crippen LogP contribution in [0.1, 0.15) is 39.0 Å². The molecule has 1 rings (SSSR count). The largest absolute Gasteiger partial charge is 0.469 e. The molecule has 0 bridgehead atoms. The fourth-order valence-corrected chi connectivity index (χ4v) is 2.38. The highest BCUT2D eigenvalue weighted by molar-refractivity contribution is 5.69. The van der Waals surface area contributed by atoms with Gasteiger partial charge < -0.3 is 19.9 Å². The molecule has 0 aromatic rings. The van der Waals surface area contributed by atoms with Gasteiger partial charge in [0, 0.05) is 13.1 Å². The minimum Gasteiger partial charge on any atom is -0.469 e. The van der Waals surface area contributed by atoms with E-state index in [2.05, 4.69) is 17.0 Å². The summed E-state index contributed by atoms with van der Waals surface area (Å²) in [7, 11) is 1.37. The predicted octanol–water partition coefficient (Wildman–Crippen LogP) is 1.10. The Labute approximate surface area is 115 Å². The molecule has 0 amide bonds. The summed E-state index contributed by atoms with van der Waals surface area (Å²) < 4.78 is 10.3. The molecule has 5 nitrogen and oxygen atoms in total. The fourth-order valence-electron chi connectivity index (χ4n) is 2.38. The van der Waals surface area contributed by atoms with Crippen LogP contribution in [0, 0.1) is 5.92 Å². The smallest absolute Gasteiger partial charge is 0.306 e. The molecule has 0 aromatic heterocycles. The normalized spacial score (nSPS) is 25.0. The third kappa shape index (κ3) is 6.89. The SMILES string of the molecule is COC(=O)CCNCC(O)COC1CCCCC1C. The van der Waals surface area contributed by atoms with Gasteiger partial charge in [0.15, 0.2) is 0 Å². The van der Waals surface area contributed by atoms with Crippen molar-refractivity contribution in [3.8, 4) is 0 Å². The molecule has 3 unspecified atom stereocenters. The van der Waals surface area contributed by atoms with Crippen LogP contribution in [0.2, 0.25) is 0 Å². The van der Waals surface area contributed by atoms with Crippen molar-refractivity contribution in [2.45, 2.75) is 51.2 Å². The lowest BCUT2D eigenvalue weighted by Crippen LogP contribution is -2.35. The lowest BCUT2D eigenvalue weighted by atomic mass is 9.88. The topological polar surface area (TPSA) is 67.8 Å². The molecule has 19 heavy (non-hydrogen) atoms. The summed E-state index contributed by atoms with van der Waals surface area (Å²) in [5.41, 5.74) is 0. The number of nitrogens with one attached hydrogen (secondary N) is 1. The summed E-state index contributed by atoms with van der Waals surface area (Å²) >= 11 is 0. The number of methoxy groups -OCH3 is 1. The number of rotatable bonds is 8. The number of aliphatic hydroxyl groups excluding tert-OH is 1. The Balaban J connectivity index is 2.04. The van der Waals surface area contributed by atoms with E-state index in [9.17, 15) is 9.90 Å². The molecule has 1 aliphatic rings. The van der Waals surface area contributed by atoms with Gasteiger partial charge in [-0.2, -0.15) is 0 Å². The molecule has 2 N–H and O–H groups in total. The monoisotopic (exact) mass is 273 g/mol. The predicted molar refractivity (Wildman–Crippen MR) is 72.9 cm³/mol. The fraction of sp³-hybridized carbons (Fsp3) is 0.929. The molecule has 0 spiro atoms. The molecular weight excluding hydrogens is 246 g/mol. The van der Waals surface area contributed by atoms with Gasteiger partial charge in [-0.15, -0.1) is 0 Å². The first-order chi connectivity index (χ1) is 9.13. The third-order valence-electron chi connectivity index (χ3n) is 3.65. The molecule has 112 valence electrons. The quantitative estimate of drug-likeness (QED) is 0.512. The lowest BCUT2D eigenvalue weighted by Gasteiger charge is -2.29. The second kappa shape index (κ2) is 9.28. The Morgan fingerprint density at radius 1 is 1.42 bits per heavy atom. The van der Waals surface area contributed by atoms with E-state index >= 15 is 0 Å². The van der Waals surface area contributed by atoms with Crippen molar-refractivity contribution in [2.75, 3.05) is 26.8 Å². The summed E-state index contributed by atoms with van der Waals surface area (Å²) in [6.45, 7) is 3.53. The van der Waals surface area contributed by atoms with E-state index in [1.54, 1.807) is 0 Å². The van der Waals surface area contributed by atoms with E-state index in [4.69, 9.17) is 4.74 Å². The van der Waals surface area contributed by atoms with E-state index in [1.807, 2.05) is 0 Å². The standard InChI is InChI=1S/C14H27NO4/c1-11-5-3-4-6-13(11)19-10-12(16)9-15-8-7-14(17)18-2/h11-13,15-16H,3-10H2,1-2H3. The van der Waals surface area contributed by atoms with Crippen molar-refractivity contribution >= 4 is 5.97 Å². The Hall–Kier alpha value is -0.650. The van der Waals surface area contributed by atoms with Gasteiger partial charge in [0.1, 0.15) is 0 Å². The number of carbonyl (C=O) groups is 1. The molecule has 0 aromatic carbocycles. The number of hydrogen-bond acceptors (Lipinski definition) is 5. The summed E-state index contributed by atoms with van der Waals surface area (Å²) in [5.74, 6) is 0.350. The first kappa shape index (κ1) is 16.4. The van der Waals surface area contributed by atoms with Gasteiger partial charge in [0.25, 0.3) is 0 Å². The van der Waals surface area contributed by atoms with Crippen LogP contribution in [-0.2, 0) is 14.3 Å². The maximum Gasteiger partial charge on any atom is 0.306 e. The third-order valence-corrected chi connectivity index (χ3v) is 3.65. The van der Waals surface area contributed by atoms with Crippen molar-refractivity contribution in [1.29, 1.82) is 0 Å². The van der Waals surface area contributed by atoms with Gasteiger partial charge in [0.05, 0.1) is 32.3 Å². The second-order valence-corrected chi connectivity index (χ2v) is 5.32. The lowest BCUT2D eigenvalue weighted by molar-refractivity contribution is -0.140. The van der Waals surface area contributed by atoms with Gasteiger partial charge in [0.2, 0.25) is 0 Å². The average molecular weight is 273 g/mol. The van der Waals surface area contributed by atoms with Gasteiger partial charge in [-0.25, -0.2) is 0 Å². The molecule has 1 saturated carbocycles. The Bertz CT molecular complexity index is 260. The van der Waals surface area contributed by atoms with E-state index < -0.39 is 6.10 Å². The van der Waals surface area contributed by atoms with Gasteiger partial charge in [-0.05, 0) is 18.8 Å². The van der Waals surface area contributed by atoms with E-state index in [-0.39, 0.29) is 5.97 Å². The van der Waals surface area contributed by atoms with Gasteiger partial charge in [-0.1, -0.05) is 19.8 Å². The molecular formula is C14H27NO4. The zero-order valence-corrected chi connectivity index (χ0v) is 12.1. The number of hydrogen-bond donors (Lipinski definition) is 2. The summed E-state index contributed by atoms with van der Waals surface area (Å²) in [5, 5.41) is 12.8. The summed E-state index contributed by atoms with van der Waals surface area (Å²) in [6.07, 6.45) is 4.93. The van der Waals surface area contributed by atoms with Crippen LogP contribution in [0.5, 0.6) is 0 Å². The zero-order chi connectivity index (χ0) is 14.1. The highest BCUT2D eigenvalue weighted by Gasteiger charge is 2.22. The number of aliphatic hydroxyl groups is 1. The van der Waals surface area contributed by atoms with Crippen molar-refractivity contribution in [3.05, 3.63) is 0 Å². The van der Waals surface area contributed by atoms with Crippen molar-refractivity contribution in [2.24, 2.45) is 5.92 Å². The molecule has 3 atom stereocenters.